The number of ether oxygens (including phenoxy) is 2. The maximum Gasteiger partial charge on any atom is 0.203 e. The lowest BCUT2D eigenvalue weighted by Gasteiger charge is -2.10. The number of aryl methyl sites for hydroxylation is 2. The van der Waals surface area contributed by atoms with Crippen LogP contribution in [0.5, 0.6) is 11.5 Å². The monoisotopic (exact) mass is 270 g/mol. The first-order valence-electron chi connectivity index (χ1n) is 6.48. The quantitative estimate of drug-likeness (QED) is 0.779. The Hall–Kier alpha value is -2.29. The Labute approximate surface area is 119 Å². The minimum atomic E-state index is -0.0950. The third kappa shape index (κ3) is 3.18. The van der Waals surface area contributed by atoms with E-state index < -0.39 is 0 Å². The van der Waals surface area contributed by atoms with Gasteiger partial charge in [0.15, 0.2) is 6.61 Å². The van der Waals surface area contributed by atoms with E-state index in [9.17, 15) is 4.79 Å². The number of methoxy groups -OCH3 is 1. The van der Waals surface area contributed by atoms with Crippen LogP contribution in [-0.4, -0.2) is 19.5 Å². The van der Waals surface area contributed by atoms with Gasteiger partial charge in [0.25, 0.3) is 0 Å². The molecule has 0 unspecified atom stereocenters. The fourth-order valence-electron chi connectivity index (χ4n) is 2.06. The molecule has 0 aliphatic heterocycles. The Morgan fingerprint density at radius 2 is 1.80 bits per heavy atom. The molecular weight excluding hydrogens is 252 g/mol. The van der Waals surface area contributed by atoms with E-state index in [4.69, 9.17) is 9.47 Å². The van der Waals surface area contributed by atoms with Crippen LogP contribution in [0, 0.1) is 13.8 Å². The van der Waals surface area contributed by atoms with E-state index in [0.29, 0.717) is 11.3 Å². The first-order valence-corrected chi connectivity index (χ1v) is 6.48. The Bertz CT molecular complexity index is 617. The van der Waals surface area contributed by atoms with Gasteiger partial charge in [0.05, 0.1) is 12.7 Å². The Morgan fingerprint density at radius 1 is 1.05 bits per heavy atom. The van der Waals surface area contributed by atoms with Crippen LogP contribution in [0.2, 0.25) is 0 Å². The largest absolute Gasteiger partial charge is 0.496 e. The topological polar surface area (TPSA) is 35.5 Å². The van der Waals surface area contributed by atoms with Crippen molar-refractivity contribution in [1.29, 1.82) is 0 Å². The molecule has 0 radical (unpaired) electrons. The predicted molar refractivity (Wildman–Crippen MR) is 78.7 cm³/mol. The van der Waals surface area contributed by atoms with Crippen molar-refractivity contribution in [3.63, 3.8) is 0 Å². The molecule has 0 atom stereocenters. The van der Waals surface area contributed by atoms with Gasteiger partial charge in [-0.3, -0.25) is 4.79 Å². The van der Waals surface area contributed by atoms with E-state index >= 15 is 0 Å². The molecule has 20 heavy (non-hydrogen) atoms. The summed E-state index contributed by atoms with van der Waals surface area (Å²) in [6.07, 6.45) is 0. The summed E-state index contributed by atoms with van der Waals surface area (Å²) in [5.41, 5.74) is 2.74. The molecule has 0 saturated heterocycles. The van der Waals surface area contributed by atoms with E-state index in [1.807, 2.05) is 44.2 Å². The molecule has 104 valence electrons. The zero-order valence-electron chi connectivity index (χ0n) is 12.0. The van der Waals surface area contributed by atoms with E-state index in [1.54, 1.807) is 19.2 Å². The molecule has 0 amide bonds. The first kappa shape index (κ1) is 14.1. The summed E-state index contributed by atoms with van der Waals surface area (Å²) >= 11 is 0. The Kier molecular flexibility index (Phi) is 4.41. The van der Waals surface area contributed by atoms with Crippen molar-refractivity contribution in [1.82, 2.24) is 0 Å². The molecule has 0 bridgehead atoms. The molecule has 0 aromatic heterocycles. The average Bonchev–Trinajstić information content (AvgIpc) is 2.46. The lowest BCUT2D eigenvalue weighted by Crippen LogP contribution is -2.13. The minimum absolute atomic E-state index is 0.00424. The van der Waals surface area contributed by atoms with Gasteiger partial charge in [0, 0.05) is 0 Å². The summed E-state index contributed by atoms with van der Waals surface area (Å²) in [5.74, 6) is 1.21. The Morgan fingerprint density at radius 3 is 2.50 bits per heavy atom. The molecule has 3 nitrogen and oxygen atoms in total. The van der Waals surface area contributed by atoms with Gasteiger partial charge in [-0.15, -0.1) is 0 Å². The van der Waals surface area contributed by atoms with Crippen molar-refractivity contribution in [3.05, 3.63) is 59.2 Å². The lowest BCUT2D eigenvalue weighted by molar-refractivity contribution is 0.0918. The summed E-state index contributed by atoms with van der Waals surface area (Å²) in [7, 11) is 1.55. The van der Waals surface area contributed by atoms with Crippen molar-refractivity contribution >= 4 is 5.78 Å². The van der Waals surface area contributed by atoms with E-state index in [1.165, 1.54) is 5.56 Å². The van der Waals surface area contributed by atoms with Gasteiger partial charge in [-0.25, -0.2) is 0 Å². The first-order chi connectivity index (χ1) is 9.61. The summed E-state index contributed by atoms with van der Waals surface area (Å²) in [5, 5.41) is 0. The number of rotatable bonds is 5. The molecule has 0 fully saturated rings. The summed E-state index contributed by atoms with van der Waals surface area (Å²) in [6.45, 7) is 4.00. The number of hydrogen-bond acceptors (Lipinski definition) is 3. The second-order valence-electron chi connectivity index (χ2n) is 4.68. The van der Waals surface area contributed by atoms with Crippen molar-refractivity contribution < 1.29 is 14.3 Å². The molecule has 0 aliphatic carbocycles. The van der Waals surface area contributed by atoms with Crippen molar-refractivity contribution in [2.75, 3.05) is 13.7 Å². The molecule has 2 rings (SSSR count). The van der Waals surface area contributed by atoms with Crippen LogP contribution in [0.1, 0.15) is 21.5 Å². The fourth-order valence-corrected chi connectivity index (χ4v) is 2.06. The van der Waals surface area contributed by atoms with Crippen LogP contribution in [0.15, 0.2) is 42.5 Å². The van der Waals surface area contributed by atoms with E-state index in [-0.39, 0.29) is 12.4 Å². The van der Waals surface area contributed by atoms with Crippen LogP contribution >= 0.6 is 0 Å². The normalized spacial score (nSPS) is 10.2. The maximum atomic E-state index is 12.2. The molecule has 2 aromatic rings. The van der Waals surface area contributed by atoms with Crippen LogP contribution in [0.3, 0.4) is 0 Å². The number of para-hydroxylation sites is 1. The predicted octanol–water partition coefficient (Wildman–Crippen LogP) is 3.57. The summed E-state index contributed by atoms with van der Waals surface area (Å²) in [6, 6.07) is 13.0. The van der Waals surface area contributed by atoms with Gasteiger partial charge in [0.2, 0.25) is 5.78 Å². The van der Waals surface area contributed by atoms with Crippen LogP contribution in [-0.2, 0) is 0 Å². The average molecular weight is 270 g/mol. The highest BCUT2D eigenvalue weighted by Crippen LogP contribution is 2.21. The standard InChI is InChI=1S/C17H18O3/c1-12-8-9-16(13(2)10-12)20-11-15(18)14-6-4-5-7-17(14)19-3/h4-10H,11H2,1-3H3. The zero-order chi connectivity index (χ0) is 14.5. The van der Waals surface area contributed by atoms with Crippen molar-refractivity contribution in [2.45, 2.75) is 13.8 Å². The second kappa shape index (κ2) is 6.24. The maximum absolute atomic E-state index is 12.2. The number of ketones is 1. The second-order valence-corrected chi connectivity index (χ2v) is 4.68. The highest BCUT2D eigenvalue weighted by Gasteiger charge is 2.12. The number of Topliss-reactive ketones (excluding diaryl/α,β-unsaturated/α-hetero) is 1. The van der Waals surface area contributed by atoms with Crippen LogP contribution in [0.25, 0.3) is 0 Å². The van der Waals surface area contributed by atoms with Crippen molar-refractivity contribution in [3.8, 4) is 11.5 Å². The molecule has 0 saturated carbocycles. The van der Waals surface area contributed by atoms with Crippen molar-refractivity contribution in [2.24, 2.45) is 0 Å². The molecular formula is C17H18O3. The van der Waals surface area contributed by atoms with Gasteiger partial charge < -0.3 is 9.47 Å². The molecule has 0 N–H and O–H groups in total. The van der Waals surface area contributed by atoms with Gasteiger partial charge in [-0.1, -0.05) is 29.8 Å². The highest BCUT2D eigenvalue weighted by molar-refractivity contribution is 5.99. The minimum Gasteiger partial charge on any atom is -0.496 e. The number of benzene rings is 2. The molecule has 0 heterocycles. The number of carbonyl (C=O) groups excluding carboxylic acids is 1. The number of hydrogen-bond donors (Lipinski definition) is 0. The molecule has 0 spiro atoms. The van der Waals surface area contributed by atoms with Crippen LogP contribution < -0.4 is 9.47 Å². The van der Waals surface area contributed by atoms with Gasteiger partial charge in [0.1, 0.15) is 11.5 Å². The third-order valence-electron chi connectivity index (χ3n) is 3.10. The fraction of sp³-hybridized carbons (Fsp3) is 0.235. The zero-order valence-corrected chi connectivity index (χ0v) is 12.0. The third-order valence-corrected chi connectivity index (χ3v) is 3.10. The SMILES string of the molecule is COc1ccccc1C(=O)COc1ccc(C)cc1C. The summed E-state index contributed by atoms with van der Waals surface area (Å²) < 4.78 is 10.8. The molecule has 2 aromatic carbocycles. The van der Waals surface area contributed by atoms with Crippen LogP contribution in [0.4, 0.5) is 0 Å². The van der Waals surface area contributed by atoms with Gasteiger partial charge >= 0.3 is 0 Å². The molecule has 0 aliphatic rings. The van der Waals surface area contributed by atoms with Gasteiger partial charge in [-0.05, 0) is 37.6 Å². The van der Waals surface area contributed by atoms with E-state index in [0.717, 1.165) is 11.3 Å². The molecule has 3 heteroatoms. The smallest absolute Gasteiger partial charge is 0.203 e. The summed E-state index contributed by atoms with van der Waals surface area (Å²) in [4.78, 5) is 12.2. The number of carbonyl (C=O) groups is 1. The lowest BCUT2D eigenvalue weighted by atomic mass is 10.1. The van der Waals surface area contributed by atoms with E-state index in [2.05, 4.69) is 0 Å². The highest BCUT2D eigenvalue weighted by atomic mass is 16.5. The Balaban J connectivity index is 2.09. The van der Waals surface area contributed by atoms with Gasteiger partial charge in [-0.2, -0.15) is 0 Å².